The highest BCUT2D eigenvalue weighted by Crippen LogP contribution is 2.14. The van der Waals surface area contributed by atoms with Gasteiger partial charge in [0.2, 0.25) is 0 Å². The van der Waals surface area contributed by atoms with Crippen molar-refractivity contribution < 1.29 is 4.74 Å². The molecule has 1 aromatic carbocycles. The van der Waals surface area contributed by atoms with Crippen molar-refractivity contribution >= 4 is 35.6 Å². The normalized spacial score (nSPS) is 15.7. The van der Waals surface area contributed by atoms with Gasteiger partial charge in [-0.25, -0.2) is 0 Å². The van der Waals surface area contributed by atoms with Gasteiger partial charge in [-0.15, -0.1) is 24.0 Å². The van der Waals surface area contributed by atoms with Gasteiger partial charge in [-0.1, -0.05) is 12.1 Å². The third kappa shape index (κ3) is 7.01. The average molecular weight is 460 g/mol. The monoisotopic (exact) mass is 460 g/mol. The molecule has 0 saturated carbocycles. The number of rotatable bonds is 6. The quantitative estimate of drug-likeness (QED) is 0.403. The smallest absolute Gasteiger partial charge is 0.193 e. The van der Waals surface area contributed by atoms with E-state index in [-0.39, 0.29) is 24.0 Å². The first-order valence-electron chi connectivity index (χ1n) is 8.97. The van der Waals surface area contributed by atoms with Crippen LogP contribution < -0.4 is 10.2 Å². The van der Waals surface area contributed by atoms with Gasteiger partial charge in [-0.05, 0) is 43.9 Å². The van der Waals surface area contributed by atoms with Gasteiger partial charge in [-0.2, -0.15) is 0 Å². The van der Waals surface area contributed by atoms with E-state index in [0.29, 0.717) is 6.10 Å². The summed E-state index contributed by atoms with van der Waals surface area (Å²) in [6.45, 7) is 5.81. The first-order chi connectivity index (χ1) is 11.6. The lowest BCUT2D eigenvalue weighted by Crippen LogP contribution is -2.47. The minimum absolute atomic E-state index is 0. The molecule has 5 nitrogen and oxygen atoms in total. The van der Waals surface area contributed by atoms with E-state index in [2.05, 4.69) is 65.4 Å². The van der Waals surface area contributed by atoms with Crippen LogP contribution in [0.4, 0.5) is 5.69 Å². The summed E-state index contributed by atoms with van der Waals surface area (Å²) >= 11 is 0. The maximum Gasteiger partial charge on any atom is 0.193 e. The zero-order valence-corrected chi connectivity index (χ0v) is 18.3. The number of likely N-dealkylation sites (tertiary alicyclic amines) is 1. The lowest BCUT2D eigenvalue weighted by molar-refractivity contribution is 0.0264. The predicted octanol–water partition coefficient (Wildman–Crippen LogP) is 2.99. The third-order valence-electron chi connectivity index (χ3n) is 4.51. The number of ether oxygens (including phenoxy) is 1. The fourth-order valence-corrected chi connectivity index (χ4v) is 3.08. The number of piperidine rings is 1. The molecule has 1 heterocycles. The van der Waals surface area contributed by atoms with E-state index < -0.39 is 0 Å². The highest BCUT2D eigenvalue weighted by molar-refractivity contribution is 14.0. The lowest BCUT2D eigenvalue weighted by atomic mass is 10.1. The SMILES string of the molecule is CCOC1CCN(C(=NC)NCCc2ccc(N(C)C)cc2)CC1.I. The molecule has 1 aliphatic heterocycles. The van der Waals surface area contributed by atoms with Crippen molar-refractivity contribution in [2.24, 2.45) is 4.99 Å². The number of aliphatic imine (C=N–C) groups is 1. The van der Waals surface area contributed by atoms with Crippen molar-refractivity contribution in [1.82, 2.24) is 10.2 Å². The molecular formula is C19H33IN4O. The molecule has 25 heavy (non-hydrogen) atoms. The maximum atomic E-state index is 5.72. The van der Waals surface area contributed by atoms with Gasteiger partial charge in [0.15, 0.2) is 5.96 Å². The molecule has 1 N–H and O–H groups in total. The fourth-order valence-electron chi connectivity index (χ4n) is 3.08. The number of nitrogens with zero attached hydrogens (tertiary/aromatic N) is 3. The molecule has 0 atom stereocenters. The van der Waals surface area contributed by atoms with Crippen LogP contribution in [0.5, 0.6) is 0 Å². The van der Waals surface area contributed by atoms with Crippen molar-refractivity contribution in [1.29, 1.82) is 0 Å². The van der Waals surface area contributed by atoms with Crippen molar-refractivity contribution in [3.63, 3.8) is 0 Å². The second kappa shape index (κ2) is 11.6. The van der Waals surface area contributed by atoms with Gasteiger partial charge in [0.05, 0.1) is 6.10 Å². The average Bonchev–Trinajstić information content (AvgIpc) is 2.60. The number of benzene rings is 1. The zero-order chi connectivity index (χ0) is 17.4. The highest BCUT2D eigenvalue weighted by Gasteiger charge is 2.21. The molecule has 142 valence electrons. The van der Waals surface area contributed by atoms with Crippen molar-refractivity contribution in [2.75, 3.05) is 52.3 Å². The van der Waals surface area contributed by atoms with Gasteiger partial charge in [0.25, 0.3) is 0 Å². The molecule has 0 unspecified atom stereocenters. The molecule has 2 rings (SSSR count). The van der Waals surface area contributed by atoms with Crippen molar-refractivity contribution in [2.45, 2.75) is 32.3 Å². The van der Waals surface area contributed by atoms with E-state index in [1.54, 1.807) is 0 Å². The topological polar surface area (TPSA) is 40.1 Å². The molecular weight excluding hydrogens is 427 g/mol. The van der Waals surface area contributed by atoms with E-state index in [1.165, 1.54) is 11.3 Å². The summed E-state index contributed by atoms with van der Waals surface area (Å²) in [4.78, 5) is 8.89. The Balaban J connectivity index is 0.00000312. The summed E-state index contributed by atoms with van der Waals surface area (Å²) < 4.78 is 5.72. The second-order valence-corrected chi connectivity index (χ2v) is 6.43. The molecule has 1 fully saturated rings. The Morgan fingerprint density at radius 2 is 1.88 bits per heavy atom. The van der Waals surface area contributed by atoms with Crippen molar-refractivity contribution in [3.05, 3.63) is 29.8 Å². The van der Waals surface area contributed by atoms with Crippen LogP contribution in [-0.4, -0.2) is 64.3 Å². The van der Waals surface area contributed by atoms with Crippen molar-refractivity contribution in [3.8, 4) is 0 Å². The maximum absolute atomic E-state index is 5.72. The Morgan fingerprint density at radius 3 is 2.40 bits per heavy atom. The summed E-state index contributed by atoms with van der Waals surface area (Å²) in [5, 5.41) is 3.50. The molecule has 0 bridgehead atoms. The molecule has 0 amide bonds. The molecule has 1 aliphatic rings. The van der Waals surface area contributed by atoms with E-state index >= 15 is 0 Å². The van der Waals surface area contributed by atoms with Crippen LogP contribution >= 0.6 is 24.0 Å². The molecule has 0 radical (unpaired) electrons. The minimum atomic E-state index is 0. The van der Waals surface area contributed by atoms with Crippen LogP contribution in [0.15, 0.2) is 29.3 Å². The number of hydrogen-bond donors (Lipinski definition) is 1. The Hall–Kier alpha value is -1.02. The number of guanidine groups is 1. The second-order valence-electron chi connectivity index (χ2n) is 6.43. The van der Waals surface area contributed by atoms with Crippen LogP contribution in [0.25, 0.3) is 0 Å². The summed E-state index contributed by atoms with van der Waals surface area (Å²) in [6.07, 6.45) is 3.59. The van der Waals surface area contributed by atoms with E-state index in [9.17, 15) is 0 Å². The van der Waals surface area contributed by atoms with Gasteiger partial charge in [0.1, 0.15) is 0 Å². The molecule has 6 heteroatoms. The fraction of sp³-hybridized carbons (Fsp3) is 0.632. The zero-order valence-electron chi connectivity index (χ0n) is 16.0. The Bertz CT molecular complexity index is 511. The van der Waals surface area contributed by atoms with Crippen LogP contribution in [-0.2, 0) is 11.2 Å². The van der Waals surface area contributed by atoms with E-state index in [1.807, 2.05) is 7.05 Å². The largest absolute Gasteiger partial charge is 0.378 e. The summed E-state index contributed by atoms with van der Waals surface area (Å²) in [5.41, 5.74) is 2.58. The van der Waals surface area contributed by atoms with Gasteiger partial charge in [-0.3, -0.25) is 4.99 Å². The number of nitrogens with one attached hydrogen (secondary N) is 1. The Labute approximate surface area is 169 Å². The van der Waals surface area contributed by atoms with Crippen LogP contribution in [0.1, 0.15) is 25.3 Å². The standard InChI is InChI=1S/C19H32N4O.HI/c1-5-24-18-11-14-23(15-12-18)19(20-2)21-13-10-16-6-8-17(9-7-16)22(3)4;/h6-9,18H,5,10-15H2,1-4H3,(H,20,21);1H. The first kappa shape index (κ1) is 22.0. The highest BCUT2D eigenvalue weighted by atomic mass is 127. The Morgan fingerprint density at radius 1 is 1.24 bits per heavy atom. The molecule has 1 saturated heterocycles. The lowest BCUT2D eigenvalue weighted by Gasteiger charge is -2.34. The molecule has 0 spiro atoms. The van der Waals surface area contributed by atoms with E-state index in [0.717, 1.165) is 51.5 Å². The summed E-state index contributed by atoms with van der Waals surface area (Å²) in [5.74, 6) is 1.01. The third-order valence-corrected chi connectivity index (χ3v) is 4.51. The predicted molar refractivity (Wildman–Crippen MR) is 117 cm³/mol. The minimum Gasteiger partial charge on any atom is -0.378 e. The molecule has 0 aromatic heterocycles. The van der Waals surface area contributed by atoms with Crippen LogP contribution in [0, 0.1) is 0 Å². The number of anilines is 1. The molecule has 0 aliphatic carbocycles. The molecule has 1 aromatic rings. The van der Waals surface area contributed by atoms with Crippen LogP contribution in [0.3, 0.4) is 0 Å². The summed E-state index contributed by atoms with van der Waals surface area (Å²) in [6, 6.07) is 8.74. The Kier molecular flexibility index (Phi) is 10.2. The van der Waals surface area contributed by atoms with E-state index in [4.69, 9.17) is 4.74 Å². The number of hydrogen-bond acceptors (Lipinski definition) is 3. The summed E-state index contributed by atoms with van der Waals surface area (Å²) in [7, 11) is 5.99. The van der Waals surface area contributed by atoms with Gasteiger partial charge in [0, 0.05) is 53.1 Å². The first-order valence-corrected chi connectivity index (χ1v) is 8.97. The van der Waals surface area contributed by atoms with Gasteiger partial charge >= 0.3 is 0 Å². The van der Waals surface area contributed by atoms with Crippen LogP contribution in [0.2, 0.25) is 0 Å². The van der Waals surface area contributed by atoms with Gasteiger partial charge < -0.3 is 19.9 Å². The number of halogens is 1.